The Kier molecular flexibility index (Phi) is 7.91. The molecule has 2 saturated heterocycles. The van der Waals surface area contributed by atoms with Crippen molar-refractivity contribution in [3.63, 3.8) is 0 Å². The van der Waals surface area contributed by atoms with Gasteiger partial charge in [-0.3, -0.25) is 4.79 Å². The van der Waals surface area contributed by atoms with Crippen LogP contribution < -0.4 is 25.6 Å². The van der Waals surface area contributed by atoms with Gasteiger partial charge in [-0.15, -0.1) is 0 Å². The molecule has 0 aromatic heterocycles. The second-order valence-corrected chi connectivity index (χ2v) is 10.0. The molecule has 2 aromatic carbocycles. The van der Waals surface area contributed by atoms with Crippen LogP contribution in [-0.4, -0.2) is 50.4 Å². The Hall–Kier alpha value is -3.26. The molecule has 2 aromatic rings. The SMILES string of the molecule is O=C(Nc1ccc(OC2CCCC2)cc1)Nc1ccc(N2CCC(CNC(=O)C3CCCO3)C2)cc1. The number of benzene rings is 2. The number of hydrogen-bond donors (Lipinski definition) is 3. The summed E-state index contributed by atoms with van der Waals surface area (Å²) in [6.45, 7) is 3.22. The lowest BCUT2D eigenvalue weighted by atomic mass is 10.1. The van der Waals surface area contributed by atoms with E-state index in [9.17, 15) is 9.59 Å². The molecule has 192 valence electrons. The Balaban J connectivity index is 1.05. The quantitative estimate of drug-likeness (QED) is 0.494. The molecule has 0 spiro atoms. The Morgan fingerprint density at radius 1 is 0.889 bits per heavy atom. The smallest absolute Gasteiger partial charge is 0.323 e. The molecule has 0 bridgehead atoms. The first-order chi connectivity index (χ1) is 17.6. The number of nitrogens with one attached hydrogen (secondary N) is 3. The van der Waals surface area contributed by atoms with Gasteiger partial charge in [0.2, 0.25) is 5.91 Å². The van der Waals surface area contributed by atoms with Crippen molar-refractivity contribution in [1.29, 1.82) is 0 Å². The minimum Gasteiger partial charge on any atom is -0.490 e. The van der Waals surface area contributed by atoms with E-state index in [1.807, 2.05) is 48.5 Å². The molecule has 3 aliphatic rings. The molecule has 2 unspecified atom stereocenters. The summed E-state index contributed by atoms with van der Waals surface area (Å²) in [5.74, 6) is 1.29. The van der Waals surface area contributed by atoms with Gasteiger partial charge in [-0.1, -0.05) is 0 Å². The molecule has 2 heterocycles. The van der Waals surface area contributed by atoms with Crippen LogP contribution in [0.4, 0.5) is 21.9 Å². The van der Waals surface area contributed by atoms with Gasteiger partial charge in [-0.2, -0.15) is 0 Å². The van der Waals surface area contributed by atoms with E-state index < -0.39 is 0 Å². The topological polar surface area (TPSA) is 91.9 Å². The zero-order valence-electron chi connectivity index (χ0n) is 20.7. The minimum absolute atomic E-state index is 0.0213. The van der Waals surface area contributed by atoms with Crippen molar-refractivity contribution in [3.8, 4) is 5.75 Å². The summed E-state index contributed by atoms with van der Waals surface area (Å²) in [6.07, 6.45) is 7.59. The second kappa shape index (κ2) is 11.6. The van der Waals surface area contributed by atoms with Crippen LogP contribution >= 0.6 is 0 Å². The molecule has 1 saturated carbocycles. The van der Waals surface area contributed by atoms with Gasteiger partial charge in [0, 0.05) is 43.3 Å². The van der Waals surface area contributed by atoms with Crippen molar-refractivity contribution in [2.75, 3.05) is 41.8 Å². The maximum atomic E-state index is 12.4. The average Bonchev–Trinajstić information content (AvgIpc) is 3.67. The number of urea groups is 1. The van der Waals surface area contributed by atoms with E-state index >= 15 is 0 Å². The molecule has 0 radical (unpaired) electrons. The summed E-state index contributed by atoms with van der Waals surface area (Å²) in [5, 5.41) is 8.82. The number of anilines is 3. The fourth-order valence-corrected chi connectivity index (χ4v) is 5.24. The third-order valence-electron chi connectivity index (χ3n) is 7.28. The predicted molar refractivity (Wildman–Crippen MR) is 141 cm³/mol. The Bertz CT molecular complexity index is 1010. The molecule has 2 atom stereocenters. The van der Waals surface area contributed by atoms with Gasteiger partial charge in [-0.25, -0.2) is 4.79 Å². The van der Waals surface area contributed by atoms with E-state index in [1.165, 1.54) is 12.8 Å². The van der Waals surface area contributed by atoms with Crippen LogP contribution in [0, 0.1) is 5.92 Å². The lowest BCUT2D eigenvalue weighted by Gasteiger charge is -2.20. The zero-order chi connectivity index (χ0) is 24.7. The zero-order valence-corrected chi connectivity index (χ0v) is 20.7. The van der Waals surface area contributed by atoms with Crippen LogP contribution in [0.2, 0.25) is 0 Å². The van der Waals surface area contributed by atoms with Crippen LogP contribution in [0.5, 0.6) is 5.75 Å². The number of amides is 3. The summed E-state index contributed by atoms with van der Waals surface area (Å²) in [5.41, 5.74) is 2.57. The maximum absolute atomic E-state index is 12.4. The molecule has 2 aliphatic heterocycles. The highest BCUT2D eigenvalue weighted by Gasteiger charge is 2.27. The van der Waals surface area contributed by atoms with Crippen LogP contribution in [0.1, 0.15) is 44.9 Å². The van der Waals surface area contributed by atoms with Gasteiger partial charge in [0.25, 0.3) is 0 Å². The third kappa shape index (κ3) is 6.49. The number of nitrogens with zero attached hydrogens (tertiary/aromatic N) is 1. The van der Waals surface area contributed by atoms with Crippen molar-refractivity contribution in [3.05, 3.63) is 48.5 Å². The standard InChI is InChI=1S/C28H36N4O4/c33-27(26-6-3-17-35-26)29-18-20-15-16-32(19-20)23-11-7-21(8-12-23)30-28(34)31-22-9-13-25(14-10-22)36-24-4-1-2-5-24/h7-14,20,24,26H,1-6,15-19H2,(H,29,33)(H2,30,31,34). The largest absolute Gasteiger partial charge is 0.490 e. The number of carbonyl (C=O) groups is 2. The van der Waals surface area contributed by atoms with Crippen molar-refractivity contribution in [1.82, 2.24) is 5.32 Å². The second-order valence-electron chi connectivity index (χ2n) is 10.0. The highest BCUT2D eigenvalue weighted by molar-refractivity contribution is 5.99. The molecule has 3 N–H and O–H groups in total. The summed E-state index contributed by atoms with van der Waals surface area (Å²) in [6, 6.07) is 15.1. The summed E-state index contributed by atoms with van der Waals surface area (Å²) in [4.78, 5) is 26.9. The van der Waals surface area contributed by atoms with E-state index in [0.717, 1.165) is 68.0 Å². The number of hydrogen-bond acceptors (Lipinski definition) is 5. The Labute approximate surface area is 212 Å². The van der Waals surface area contributed by atoms with Gasteiger partial charge in [0.1, 0.15) is 11.9 Å². The van der Waals surface area contributed by atoms with Gasteiger partial charge in [-0.05, 0) is 99.4 Å². The Morgan fingerprint density at radius 2 is 1.58 bits per heavy atom. The molecule has 5 rings (SSSR count). The molecule has 3 amide bonds. The van der Waals surface area contributed by atoms with Gasteiger partial charge in [0.05, 0.1) is 6.10 Å². The highest BCUT2D eigenvalue weighted by Crippen LogP contribution is 2.26. The van der Waals surface area contributed by atoms with Crippen molar-refractivity contribution >= 4 is 29.0 Å². The molecule has 8 heteroatoms. The normalized spacial score (nSPS) is 21.9. The fourth-order valence-electron chi connectivity index (χ4n) is 5.24. The fraction of sp³-hybridized carbons (Fsp3) is 0.500. The highest BCUT2D eigenvalue weighted by atomic mass is 16.5. The molecule has 3 fully saturated rings. The van der Waals surface area contributed by atoms with Gasteiger partial charge in [0.15, 0.2) is 0 Å². The summed E-state index contributed by atoms with van der Waals surface area (Å²) >= 11 is 0. The van der Waals surface area contributed by atoms with Crippen molar-refractivity contribution < 1.29 is 19.1 Å². The van der Waals surface area contributed by atoms with E-state index in [-0.39, 0.29) is 18.0 Å². The van der Waals surface area contributed by atoms with Crippen LogP contribution in [0.25, 0.3) is 0 Å². The van der Waals surface area contributed by atoms with Crippen molar-refractivity contribution in [2.45, 2.75) is 57.2 Å². The van der Waals surface area contributed by atoms with E-state index in [2.05, 4.69) is 20.9 Å². The lowest BCUT2D eigenvalue weighted by molar-refractivity contribution is -0.130. The van der Waals surface area contributed by atoms with Gasteiger partial charge < -0.3 is 30.3 Å². The first-order valence-electron chi connectivity index (χ1n) is 13.2. The number of ether oxygens (including phenoxy) is 2. The van der Waals surface area contributed by atoms with Gasteiger partial charge >= 0.3 is 6.03 Å². The molecular weight excluding hydrogens is 456 g/mol. The summed E-state index contributed by atoms with van der Waals surface area (Å²) in [7, 11) is 0. The average molecular weight is 493 g/mol. The molecular formula is C28H36N4O4. The van der Waals surface area contributed by atoms with Crippen LogP contribution in [0.15, 0.2) is 48.5 Å². The van der Waals surface area contributed by atoms with E-state index in [4.69, 9.17) is 9.47 Å². The Morgan fingerprint density at radius 3 is 2.25 bits per heavy atom. The van der Waals surface area contributed by atoms with Crippen LogP contribution in [-0.2, 0) is 9.53 Å². The first kappa shape index (κ1) is 24.4. The lowest BCUT2D eigenvalue weighted by Crippen LogP contribution is -2.37. The van der Waals surface area contributed by atoms with Crippen LogP contribution in [0.3, 0.4) is 0 Å². The first-order valence-corrected chi connectivity index (χ1v) is 13.2. The molecule has 1 aliphatic carbocycles. The van der Waals surface area contributed by atoms with Crippen molar-refractivity contribution in [2.24, 2.45) is 5.92 Å². The van der Waals surface area contributed by atoms with E-state index in [0.29, 0.717) is 25.2 Å². The monoisotopic (exact) mass is 492 g/mol. The molecule has 36 heavy (non-hydrogen) atoms. The number of carbonyl (C=O) groups excluding carboxylic acids is 2. The summed E-state index contributed by atoms with van der Waals surface area (Å²) < 4.78 is 11.4. The minimum atomic E-state index is -0.282. The predicted octanol–water partition coefficient (Wildman–Crippen LogP) is 4.77. The number of rotatable bonds is 8. The van der Waals surface area contributed by atoms with E-state index in [1.54, 1.807) is 0 Å². The molecule has 8 nitrogen and oxygen atoms in total. The third-order valence-corrected chi connectivity index (χ3v) is 7.28. The maximum Gasteiger partial charge on any atom is 0.323 e.